The Morgan fingerprint density at radius 2 is 2.18 bits per heavy atom. The summed E-state index contributed by atoms with van der Waals surface area (Å²) < 4.78 is 6.74. The smallest absolute Gasteiger partial charge is 0.229 e. The molecule has 2 unspecified atom stereocenters. The van der Waals surface area contributed by atoms with Crippen LogP contribution in [0.25, 0.3) is 0 Å². The first-order valence-electron chi connectivity index (χ1n) is 9.75. The van der Waals surface area contributed by atoms with E-state index in [9.17, 15) is 9.59 Å². The van der Waals surface area contributed by atoms with E-state index in [0.29, 0.717) is 31.3 Å². The third kappa shape index (κ3) is 4.42. The Hall–Kier alpha value is -2.67. The van der Waals surface area contributed by atoms with Gasteiger partial charge in [-0.3, -0.25) is 14.3 Å². The van der Waals surface area contributed by atoms with Crippen molar-refractivity contribution in [1.82, 2.24) is 9.78 Å². The van der Waals surface area contributed by atoms with Crippen LogP contribution in [0.2, 0.25) is 0 Å². The summed E-state index contributed by atoms with van der Waals surface area (Å²) in [6.45, 7) is 5.86. The molecule has 1 N–H and O–H groups in total. The molecule has 0 radical (unpaired) electrons. The van der Waals surface area contributed by atoms with E-state index < -0.39 is 0 Å². The Bertz CT molecular complexity index is 833. The molecule has 1 aliphatic heterocycles. The number of ether oxygens (including phenoxy) is 1. The zero-order valence-corrected chi connectivity index (χ0v) is 16.7. The lowest BCUT2D eigenvalue weighted by Crippen LogP contribution is -2.29. The average molecular weight is 384 g/mol. The SMILES string of the molecule is CCC(C)c1ccccc1N1CC(C(=O)Nc2cnn(CCOC)c2)CC1=O. The van der Waals surface area contributed by atoms with Gasteiger partial charge in [-0.05, 0) is 24.0 Å². The van der Waals surface area contributed by atoms with Crippen molar-refractivity contribution in [3.05, 3.63) is 42.2 Å². The van der Waals surface area contributed by atoms with E-state index >= 15 is 0 Å². The van der Waals surface area contributed by atoms with E-state index in [1.165, 1.54) is 0 Å². The largest absolute Gasteiger partial charge is 0.383 e. The van der Waals surface area contributed by atoms with Gasteiger partial charge >= 0.3 is 0 Å². The average Bonchev–Trinajstić information content (AvgIpc) is 3.32. The van der Waals surface area contributed by atoms with Gasteiger partial charge in [-0.25, -0.2) is 0 Å². The number of aromatic nitrogens is 2. The molecule has 1 saturated heterocycles. The van der Waals surface area contributed by atoms with Crippen molar-refractivity contribution in [2.75, 3.05) is 30.5 Å². The number of rotatable bonds is 8. The maximum atomic E-state index is 12.7. The molecule has 3 rings (SSSR count). The minimum absolute atomic E-state index is 0.00769. The van der Waals surface area contributed by atoms with Crippen molar-refractivity contribution < 1.29 is 14.3 Å². The summed E-state index contributed by atoms with van der Waals surface area (Å²) in [6, 6.07) is 7.98. The second-order valence-electron chi connectivity index (χ2n) is 7.25. The first-order chi connectivity index (χ1) is 13.5. The minimum atomic E-state index is -0.375. The van der Waals surface area contributed by atoms with Gasteiger partial charge in [-0.2, -0.15) is 5.10 Å². The van der Waals surface area contributed by atoms with Gasteiger partial charge in [-0.1, -0.05) is 32.0 Å². The van der Waals surface area contributed by atoms with Gasteiger partial charge in [0.2, 0.25) is 11.8 Å². The number of para-hydroxylation sites is 1. The summed E-state index contributed by atoms with van der Waals surface area (Å²) in [7, 11) is 1.63. The highest BCUT2D eigenvalue weighted by atomic mass is 16.5. The highest BCUT2D eigenvalue weighted by Gasteiger charge is 2.36. The van der Waals surface area contributed by atoms with Crippen LogP contribution in [0.3, 0.4) is 0 Å². The summed E-state index contributed by atoms with van der Waals surface area (Å²) in [5, 5.41) is 7.08. The summed E-state index contributed by atoms with van der Waals surface area (Å²) in [5.41, 5.74) is 2.70. The molecule has 2 atom stereocenters. The van der Waals surface area contributed by atoms with Gasteiger partial charge in [0.15, 0.2) is 0 Å². The van der Waals surface area contributed by atoms with Crippen LogP contribution in [0, 0.1) is 5.92 Å². The monoisotopic (exact) mass is 384 g/mol. The number of amides is 2. The van der Waals surface area contributed by atoms with Crippen molar-refractivity contribution in [2.24, 2.45) is 5.92 Å². The summed E-state index contributed by atoms with van der Waals surface area (Å²) in [4.78, 5) is 27.1. The molecule has 1 aliphatic rings. The lowest BCUT2D eigenvalue weighted by atomic mass is 9.96. The molecule has 150 valence electrons. The fourth-order valence-electron chi connectivity index (χ4n) is 3.47. The van der Waals surface area contributed by atoms with Gasteiger partial charge in [0, 0.05) is 32.0 Å². The van der Waals surface area contributed by atoms with Crippen molar-refractivity contribution in [2.45, 2.75) is 39.2 Å². The fourth-order valence-corrected chi connectivity index (χ4v) is 3.47. The van der Waals surface area contributed by atoms with Crippen LogP contribution in [0.5, 0.6) is 0 Å². The molecular formula is C21H28N4O3. The van der Waals surface area contributed by atoms with Gasteiger partial charge in [-0.15, -0.1) is 0 Å². The molecule has 0 saturated carbocycles. The Kier molecular flexibility index (Phi) is 6.46. The molecule has 0 bridgehead atoms. The van der Waals surface area contributed by atoms with Gasteiger partial charge in [0.1, 0.15) is 0 Å². The molecule has 2 amide bonds. The van der Waals surface area contributed by atoms with Crippen LogP contribution >= 0.6 is 0 Å². The van der Waals surface area contributed by atoms with Crippen LogP contribution in [0.4, 0.5) is 11.4 Å². The molecule has 1 aromatic carbocycles. The maximum Gasteiger partial charge on any atom is 0.229 e. The quantitative estimate of drug-likeness (QED) is 0.759. The molecule has 1 aromatic heterocycles. The van der Waals surface area contributed by atoms with E-state index in [1.807, 2.05) is 18.2 Å². The summed E-state index contributed by atoms with van der Waals surface area (Å²) in [6.07, 6.45) is 4.60. The first-order valence-corrected chi connectivity index (χ1v) is 9.75. The number of nitrogens with zero attached hydrogens (tertiary/aromatic N) is 3. The Morgan fingerprint density at radius 1 is 1.39 bits per heavy atom. The predicted molar refractivity (Wildman–Crippen MR) is 108 cm³/mol. The second-order valence-corrected chi connectivity index (χ2v) is 7.25. The molecule has 28 heavy (non-hydrogen) atoms. The summed E-state index contributed by atoms with van der Waals surface area (Å²) >= 11 is 0. The lowest BCUT2D eigenvalue weighted by molar-refractivity contribution is -0.122. The Balaban J connectivity index is 1.67. The number of carbonyl (C=O) groups is 2. The molecule has 2 aromatic rings. The third-order valence-corrected chi connectivity index (χ3v) is 5.29. The second kappa shape index (κ2) is 9.01. The summed E-state index contributed by atoms with van der Waals surface area (Å²) in [5.74, 6) is -0.176. The topological polar surface area (TPSA) is 76.5 Å². The van der Waals surface area contributed by atoms with E-state index in [2.05, 4.69) is 30.3 Å². The zero-order chi connectivity index (χ0) is 20.1. The van der Waals surface area contributed by atoms with Crippen LogP contribution in [0.1, 0.15) is 38.2 Å². The molecule has 1 fully saturated rings. The first kappa shape index (κ1) is 20.1. The number of methoxy groups -OCH3 is 1. The van der Waals surface area contributed by atoms with E-state index in [-0.39, 0.29) is 24.2 Å². The van der Waals surface area contributed by atoms with E-state index in [4.69, 9.17) is 4.74 Å². The molecular weight excluding hydrogens is 356 g/mol. The van der Waals surface area contributed by atoms with Crippen LogP contribution in [0.15, 0.2) is 36.7 Å². The number of carbonyl (C=O) groups excluding carboxylic acids is 2. The zero-order valence-electron chi connectivity index (χ0n) is 16.7. The number of nitrogens with one attached hydrogen (secondary N) is 1. The van der Waals surface area contributed by atoms with Crippen molar-refractivity contribution in [3.8, 4) is 0 Å². The van der Waals surface area contributed by atoms with Crippen LogP contribution in [-0.4, -0.2) is 41.9 Å². The van der Waals surface area contributed by atoms with E-state index in [0.717, 1.165) is 17.7 Å². The van der Waals surface area contributed by atoms with E-state index in [1.54, 1.807) is 29.1 Å². The van der Waals surface area contributed by atoms with Gasteiger partial charge in [0.05, 0.1) is 31.0 Å². The minimum Gasteiger partial charge on any atom is -0.383 e. The molecule has 0 spiro atoms. The normalized spacial score (nSPS) is 17.8. The predicted octanol–water partition coefficient (Wildman–Crippen LogP) is 3.03. The number of hydrogen-bond donors (Lipinski definition) is 1. The Labute approximate surface area is 165 Å². The number of benzene rings is 1. The number of anilines is 2. The van der Waals surface area contributed by atoms with Gasteiger partial charge in [0.25, 0.3) is 0 Å². The van der Waals surface area contributed by atoms with Crippen molar-refractivity contribution >= 4 is 23.2 Å². The van der Waals surface area contributed by atoms with Crippen molar-refractivity contribution in [1.29, 1.82) is 0 Å². The highest BCUT2D eigenvalue weighted by Crippen LogP contribution is 2.33. The molecule has 7 nitrogen and oxygen atoms in total. The molecule has 0 aliphatic carbocycles. The highest BCUT2D eigenvalue weighted by molar-refractivity contribution is 6.03. The Morgan fingerprint density at radius 3 is 2.93 bits per heavy atom. The fraction of sp³-hybridized carbons (Fsp3) is 0.476. The third-order valence-electron chi connectivity index (χ3n) is 5.29. The van der Waals surface area contributed by atoms with Crippen molar-refractivity contribution in [3.63, 3.8) is 0 Å². The lowest BCUT2D eigenvalue weighted by Gasteiger charge is -2.23. The number of hydrogen-bond acceptors (Lipinski definition) is 4. The van der Waals surface area contributed by atoms with Gasteiger partial charge < -0.3 is 15.0 Å². The molecule has 7 heteroatoms. The van der Waals surface area contributed by atoms with Crippen LogP contribution in [-0.2, 0) is 20.9 Å². The van der Waals surface area contributed by atoms with Crippen LogP contribution < -0.4 is 10.2 Å². The standard InChI is InChI=1S/C21H28N4O3/c1-4-15(2)18-7-5-6-8-19(18)25-13-16(11-20(25)26)21(27)23-17-12-22-24(14-17)9-10-28-3/h5-8,12,14-16H,4,9-11,13H2,1-3H3,(H,23,27). The molecule has 2 heterocycles. The maximum absolute atomic E-state index is 12.7.